The summed E-state index contributed by atoms with van der Waals surface area (Å²) in [6.45, 7) is -0.381. The Kier molecular flexibility index (Phi) is 3.13. The lowest BCUT2D eigenvalue weighted by Gasteiger charge is -2.21. The van der Waals surface area contributed by atoms with E-state index >= 15 is 0 Å². The maximum atomic E-state index is 13.0. The van der Waals surface area contributed by atoms with Gasteiger partial charge < -0.3 is 5.11 Å². The molecule has 1 rings (SSSR count). The SMILES string of the molecule is OCC1CCSCCC1(F)F. The Morgan fingerprint density at radius 2 is 2.18 bits per heavy atom. The van der Waals surface area contributed by atoms with Crippen LogP contribution in [0.15, 0.2) is 0 Å². The molecule has 1 saturated heterocycles. The number of hydrogen-bond donors (Lipinski definition) is 1. The largest absolute Gasteiger partial charge is 0.396 e. The highest BCUT2D eigenvalue weighted by Crippen LogP contribution is 2.35. The van der Waals surface area contributed by atoms with Crippen molar-refractivity contribution in [3.63, 3.8) is 0 Å². The first-order valence-corrected chi connectivity index (χ1v) is 4.88. The molecule has 1 aliphatic heterocycles. The van der Waals surface area contributed by atoms with Crippen LogP contribution in [0.5, 0.6) is 0 Å². The summed E-state index contributed by atoms with van der Waals surface area (Å²) in [5.41, 5.74) is 0. The molecule has 1 unspecified atom stereocenters. The summed E-state index contributed by atoms with van der Waals surface area (Å²) in [7, 11) is 0. The van der Waals surface area contributed by atoms with Gasteiger partial charge in [0.05, 0.1) is 6.61 Å². The van der Waals surface area contributed by atoms with Crippen LogP contribution in [0, 0.1) is 5.92 Å². The van der Waals surface area contributed by atoms with E-state index in [1.165, 1.54) is 0 Å². The second kappa shape index (κ2) is 3.72. The van der Waals surface area contributed by atoms with Gasteiger partial charge in [-0.15, -0.1) is 0 Å². The molecule has 1 atom stereocenters. The summed E-state index contributed by atoms with van der Waals surface area (Å²) < 4.78 is 25.9. The molecule has 1 fully saturated rings. The molecule has 0 bridgehead atoms. The summed E-state index contributed by atoms with van der Waals surface area (Å²) >= 11 is 1.55. The van der Waals surface area contributed by atoms with Gasteiger partial charge in [-0.2, -0.15) is 11.8 Å². The minimum Gasteiger partial charge on any atom is -0.396 e. The molecule has 0 saturated carbocycles. The lowest BCUT2D eigenvalue weighted by molar-refractivity contribution is -0.0768. The first-order valence-electron chi connectivity index (χ1n) is 3.73. The van der Waals surface area contributed by atoms with Gasteiger partial charge in [0.25, 0.3) is 5.92 Å². The van der Waals surface area contributed by atoms with Crippen LogP contribution in [0.4, 0.5) is 8.78 Å². The molecule has 0 aromatic rings. The molecule has 0 amide bonds. The van der Waals surface area contributed by atoms with Crippen LogP contribution in [0.1, 0.15) is 12.8 Å². The Morgan fingerprint density at radius 3 is 2.82 bits per heavy atom. The second-order valence-electron chi connectivity index (χ2n) is 2.79. The molecule has 1 heterocycles. The van der Waals surface area contributed by atoms with Crippen LogP contribution in [0.2, 0.25) is 0 Å². The van der Waals surface area contributed by atoms with Crippen LogP contribution < -0.4 is 0 Å². The van der Waals surface area contributed by atoms with E-state index in [0.29, 0.717) is 12.2 Å². The van der Waals surface area contributed by atoms with Crippen molar-refractivity contribution in [3.05, 3.63) is 0 Å². The molecule has 1 N–H and O–H groups in total. The third-order valence-electron chi connectivity index (χ3n) is 2.01. The summed E-state index contributed by atoms with van der Waals surface area (Å²) in [4.78, 5) is 0. The second-order valence-corrected chi connectivity index (χ2v) is 4.02. The molecule has 1 nitrogen and oxygen atoms in total. The van der Waals surface area contributed by atoms with E-state index in [1.54, 1.807) is 11.8 Å². The number of halogens is 2. The molecule has 0 aliphatic carbocycles. The third kappa shape index (κ3) is 2.30. The van der Waals surface area contributed by atoms with Crippen molar-refractivity contribution in [2.75, 3.05) is 18.1 Å². The van der Waals surface area contributed by atoms with Crippen LogP contribution in [-0.4, -0.2) is 29.1 Å². The molecule has 0 aromatic carbocycles. The fraction of sp³-hybridized carbons (Fsp3) is 1.00. The summed E-state index contributed by atoms with van der Waals surface area (Å²) in [6.07, 6.45) is 0.358. The molecule has 0 aromatic heterocycles. The highest BCUT2D eigenvalue weighted by atomic mass is 32.2. The minimum atomic E-state index is -2.64. The number of rotatable bonds is 1. The first-order chi connectivity index (χ1) is 5.17. The lowest BCUT2D eigenvalue weighted by Crippen LogP contribution is -2.30. The van der Waals surface area contributed by atoms with Crippen molar-refractivity contribution in [1.29, 1.82) is 0 Å². The van der Waals surface area contributed by atoms with Crippen molar-refractivity contribution in [2.45, 2.75) is 18.8 Å². The number of thioether (sulfide) groups is 1. The topological polar surface area (TPSA) is 20.2 Å². The standard InChI is InChI=1S/C7H12F2OS/c8-7(9)2-4-11-3-1-6(7)5-10/h6,10H,1-5H2. The zero-order valence-electron chi connectivity index (χ0n) is 6.22. The summed E-state index contributed by atoms with van der Waals surface area (Å²) in [5.74, 6) is -2.18. The Hall–Kier alpha value is 0.170. The predicted octanol–water partition coefficient (Wildman–Crippen LogP) is 1.76. The minimum absolute atomic E-state index is 0.0805. The van der Waals surface area contributed by atoms with E-state index in [9.17, 15) is 8.78 Å². The molecular weight excluding hydrogens is 170 g/mol. The van der Waals surface area contributed by atoms with Gasteiger partial charge in [0.15, 0.2) is 0 Å². The van der Waals surface area contributed by atoms with Gasteiger partial charge in [0.1, 0.15) is 0 Å². The summed E-state index contributed by atoms with van der Waals surface area (Å²) in [6, 6.07) is 0. The smallest absolute Gasteiger partial charge is 0.253 e. The molecule has 11 heavy (non-hydrogen) atoms. The fourth-order valence-electron chi connectivity index (χ4n) is 1.18. The Morgan fingerprint density at radius 1 is 1.45 bits per heavy atom. The van der Waals surface area contributed by atoms with Crippen LogP contribution in [-0.2, 0) is 0 Å². The van der Waals surface area contributed by atoms with E-state index in [0.717, 1.165) is 5.75 Å². The number of aliphatic hydroxyl groups is 1. The van der Waals surface area contributed by atoms with Crippen LogP contribution in [0.25, 0.3) is 0 Å². The van der Waals surface area contributed by atoms with Crippen molar-refractivity contribution in [2.24, 2.45) is 5.92 Å². The van der Waals surface area contributed by atoms with Crippen molar-refractivity contribution in [1.82, 2.24) is 0 Å². The number of hydrogen-bond acceptors (Lipinski definition) is 2. The Labute approximate surface area is 69.2 Å². The zero-order chi connectivity index (χ0) is 8.32. The monoisotopic (exact) mass is 182 g/mol. The fourth-order valence-corrected chi connectivity index (χ4v) is 2.25. The van der Waals surface area contributed by atoms with Gasteiger partial charge in [0.2, 0.25) is 0 Å². The summed E-state index contributed by atoms with van der Waals surface area (Å²) in [5, 5.41) is 8.66. The molecule has 1 aliphatic rings. The van der Waals surface area contributed by atoms with Gasteiger partial charge >= 0.3 is 0 Å². The Bertz CT molecular complexity index is 130. The molecule has 0 spiro atoms. The van der Waals surface area contributed by atoms with Gasteiger partial charge in [0, 0.05) is 12.3 Å². The van der Waals surface area contributed by atoms with Crippen molar-refractivity contribution >= 4 is 11.8 Å². The van der Waals surface area contributed by atoms with E-state index < -0.39 is 11.8 Å². The lowest BCUT2D eigenvalue weighted by atomic mass is 9.98. The van der Waals surface area contributed by atoms with E-state index in [4.69, 9.17) is 5.11 Å². The van der Waals surface area contributed by atoms with E-state index in [1.807, 2.05) is 0 Å². The van der Waals surface area contributed by atoms with Gasteiger partial charge in [-0.3, -0.25) is 0 Å². The highest BCUT2D eigenvalue weighted by Gasteiger charge is 2.39. The predicted molar refractivity (Wildman–Crippen MR) is 42.1 cm³/mol. The van der Waals surface area contributed by atoms with Gasteiger partial charge in [-0.05, 0) is 17.9 Å². The average molecular weight is 182 g/mol. The van der Waals surface area contributed by atoms with Gasteiger partial charge in [-0.1, -0.05) is 0 Å². The maximum absolute atomic E-state index is 13.0. The van der Waals surface area contributed by atoms with Crippen molar-refractivity contribution < 1.29 is 13.9 Å². The Balaban J connectivity index is 2.56. The van der Waals surface area contributed by atoms with Crippen molar-refractivity contribution in [3.8, 4) is 0 Å². The average Bonchev–Trinajstić information content (AvgIpc) is 2.10. The zero-order valence-corrected chi connectivity index (χ0v) is 7.04. The molecule has 4 heteroatoms. The molecular formula is C7H12F2OS. The first kappa shape index (κ1) is 9.26. The number of aliphatic hydroxyl groups excluding tert-OH is 1. The van der Waals surface area contributed by atoms with Crippen LogP contribution >= 0.6 is 11.8 Å². The van der Waals surface area contributed by atoms with Crippen LogP contribution in [0.3, 0.4) is 0 Å². The maximum Gasteiger partial charge on any atom is 0.253 e. The van der Waals surface area contributed by atoms with E-state index in [2.05, 4.69) is 0 Å². The quantitative estimate of drug-likeness (QED) is 0.666. The third-order valence-corrected chi connectivity index (χ3v) is 3.03. The van der Waals surface area contributed by atoms with E-state index in [-0.39, 0.29) is 13.0 Å². The highest BCUT2D eigenvalue weighted by molar-refractivity contribution is 7.99. The van der Waals surface area contributed by atoms with Gasteiger partial charge in [-0.25, -0.2) is 8.78 Å². The molecule has 0 radical (unpaired) electrons. The number of alkyl halides is 2. The molecule has 66 valence electrons. The normalized spacial score (nSPS) is 31.4.